The first kappa shape index (κ1) is 20.9. The van der Waals surface area contributed by atoms with Crippen LogP contribution in [0.15, 0.2) is 42.5 Å². The molecule has 0 saturated carbocycles. The van der Waals surface area contributed by atoms with Gasteiger partial charge in [0.1, 0.15) is 5.75 Å². The highest BCUT2D eigenvalue weighted by Crippen LogP contribution is 2.16. The minimum atomic E-state index is -0.0354. The number of aryl methyl sites for hydroxylation is 3. The van der Waals surface area contributed by atoms with Crippen LogP contribution < -0.4 is 10.1 Å². The number of hydrogen-bond donors (Lipinski definition) is 1. The summed E-state index contributed by atoms with van der Waals surface area (Å²) in [5.74, 6) is 0.668. The number of rotatable bonds is 6. The van der Waals surface area contributed by atoms with E-state index in [1.165, 1.54) is 0 Å². The summed E-state index contributed by atoms with van der Waals surface area (Å²) in [6.45, 7) is 8.96. The lowest BCUT2D eigenvalue weighted by Crippen LogP contribution is -2.51. The smallest absolute Gasteiger partial charge is 0.260 e. The maximum absolute atomic E-state index is 12.4. The Balaban J connectivity index is 1.40. The lowest BCUT2D eigenvalue weighted by atomic mass is 10.1. The summed E-state index contributed by atoms with van der Waals surface area (Å²) >= 11 is 0. The molecule has 2 amide bonds. The van der Waals surface area contributed by atoms with Crippen molar-refractivity contribution in [1.29, 1.82) is 0 Å². The van der Waals surface area contributed by atoms with Gasteiger partial charge in [-0.1, -0.05) is 23.8 Å². The van der Waals surface area contributed by atoms with Gasteiger partial charge in [-0.25, -0.2) is 0 Å². The first-order chi connectivity index (χ1) is 13.9. The zero-order valence-corrected chi connectivity index (χ0v) is 17.4. The monoisotopic (exact) mass is 395 g/mol. The first-order valence-corrected chi connectivity index (χ1v) is 9.97. The van der Waals surface area contributed by atoms with E-state index in [9.17, 15) is 9.59 Å². The number of amides is 2. The topological polar surface area (TPSA) is 61.9 Å². The number of anilines is 1. The zero-order chi connectivity index (χ0) is 20.8. The van der Waals surface area contributed by atoms with Gasteiger partial charge in [0, 0.05) is 31.9 Å². The van der Waals surface area contributed by atoms with Gasteiger partial charge in [-0.2, -0.15) is 0 Å². The fourth-order valence-corrected chi connectivity index (χ4v) is 3.45. The van der Waals surface area contributed by atoms with E-state index in [0.717, 1.165) is 28.1 Å². The third kappa shape index (κ3) is 6.32. The van der Waals surface area contributed by atoms with E-state index in [1.807, 2.05) is 57.2 Å². The van der Waals surface area contributed by atoms with Crippen LogP contribution in [-0.4, -0.2) is 60.9 Å². The van der Waals surface area contributed by atoms with Crippen molar-refractivity contribution < 1.29 is 14.3 Å². The Bertz CT molecular complexity index is 836. The minimum Gasteiger partial charge on any atom is -0.484 e. The van der Waals surface area contributed by atoms with E-state index >= 15 is 0 Å². The number of ether oxygens (including phenoxy) is 1. The number of hydrogen-bond acceptors (Lipinski definition) is 4. The van der Waals surface area contributed by atoms with Gasteiger partial charge in [0.05, 0.1) is 6.54 Å². The van der Waals surface area contributed by atoms with Gasteiger partial charge >= 0.3 is 0 Å². The Hall–Kier alpha value is -2.86. The normalized spacial score (nSPS) is 14.5. The molecule has 1 heterocycles. The van der Waals surface area contributed by atoms with Crippen molar-refractivity contribution in [3.63, 3.8) is 0 Å². The molecule has 0 spiro atoms. The SMILES string of the molecule is Cc1ccc(NC(=O)CN2CCN(C(=O)COc3cc(C)cc(C)c3)CC2)cc1. The van der Waals surface area contributed by atoms with E-state index in [0.29, 0.717) is 32.7 Å². The van der Waals surface area contributed by atoms with Crippen LogP contribution in [0.5, 0.6) is 5.75 Å². The second-order valence-electron chi connectivity index (χ2n) is 7.68. The summed E-state index contributed by atoms with van der Waals surface area (Å²) in [7, 11) is 0. The molecule has 6 heteroatoms. The third-order valence-electron chi connectivity index (χ3n) is 4.99. The van der Waals surface area contributed by atoms with Gasteiger partial charge < -0.3 is 15.0 Å². The van der Waals surface area contributed by atoms with E-state index in [-0.39, 0.29) is 18.4 Å². The van der Waals surface area contributed by atoms with Gasteiger partial charge in [0.15, 0.2) is 6.61 Å². The van der Waals surface area contributed by atoms with Crippen molar-refractivity contribution in [3.8, 4) is 5.75 Å². The van der Waals surface area contributed by atoms with Crippen molar-refractivity contribution in [2.24, 2.45) is 0 Å². The Kier molecular flexibility index (Phi) is 6.88. The predicted octanol–water partition coefficient (Wildman–Crippen LogP) is 2.77. The summed E-state index contributed by atoms with van der Waals surface area (Å²) in [6, 6.07) is 13.7. The Labute approximate surface area is 172 Å². The molecule has 1 fully saturated rings. The molecule has 1 aliphatic heterocycles. The lowest BCUT2D eigenvalue weighted by molar-refractivity contribution is -0.135. The number of benzene rings is 2. The van der Waals surface area contributed by atoms with E-state index in [1.54, 1.807) is 4.90 Å². The van der Waals surface area contributed by atoms with Crippen molar-refractivity contribution in [3.05, 3.63) is 59.2 Å². The fourth-order valence-electron chi connectivity index (χ4n) is 3.45. The number of nitrogens with zero attached hydrogens (tertiary/aromatic N) is 2. The van der Waals surface area contributed by atoms with Crippen LogP contribution in [0, 0.1) is 20.8 Å². The number of nitrogens with one attached hydrogen (secondary N) is 1. The second-order valence-corrected chi connectivity index (χ2v) is 7.68. The molecule has 29 heavy (non-hydrogen) atoms. The molecule has 0 atom stereocenters. The van der Waals surface area contributed by atoms with Gasteiger partial charge in [0.2, 0.25) is 5.91 Å². The van der Waals surface area contributed by atoms with E-state index < -0.39 is 0 Å². The molecule has 2 aromatic rings. The summed E-state index contributed by atoms with van der Waals surface area (Å²) in [6.07, 6.45) is 0. The average Bonchev–Trinajstić information content (AvgIpc) is 2.68. The molecule has 0 bridgehead atoms. The molecule has 1 saturated heterocycles. The quantitative estimate of drug-likeness (QED) is 0.817. The van der Waals surface area contributed by atoms with Crippen molar-refractivity contribution >= 4 is 17.5 Å². The summed E-state index contributed by atoms with van der Waals surface area (Å²) in [5.41, 5.74) is 4.19. The highest BCUT2D eigenvalue weighted by atomic mass is 16.5. The van der Waals surface area contributed by atoms with Crippen LogP contribution in [0.4, 0.5) is 5.69 Å². The number of piperazine rings is 1. The van der Waals surface area contributed by atoms with E-state index in [4.69, 9.17) is 4.74 Å². The van der Waals surface area contributed by atoms with Crippen LogP contribution in [0.2, 0.25) is 0 Å². The Morgan fingerprint density at radius 3 is 2.14 bits per heavy atom. The average molecular weight is 396 g/mol. The standard InChI is InChI=1S/C23H29N3O3/c1-17-4-6-20(7-5-17)24-22(27)15-25-8-10-26(11-9-25)23(28)16-29-21-13-18(2)12-19(3)14-21/h4-7,12-14H,8-11,15-16H2,1-3H3,(H,24,27). The third-order valence-corrected chi connectivity index (χ3v) is 4.99. The number of carbonyl (C=O) groups excluding carboxylic acids is 2. The highest BCUT2D eigenvalue weighted by Gasteiger charge is 2.22. The maximum atomic E-state index is 12.4. The van der Waals surface area contributed by atoms with Crippen molar-refractivity contribution in [2.45, 2.75) is 20.8 Å². The minimum absolute atomic E-state index is 0.0204. The van der Waals surface area contributed by atoms with Gasteiger partial charge in [0.25, 0.3) is 5.91 Å². The van der Waals surface area contributed by atoms with Gasteiger partial charge in [-0.3, -0.25) is 14.5 Å². The number of carbonyl (C=O) groups is 2. The molecule has 0 unspecified atom stereocenters. The molecule has 1 N–H and O–H groups in total. The predicted molar refractivity (Wildman–Crippen MR) is 114 cm³/mol. The highest BCUT2D eigenvalue weighted by molar-refractivity contribution is 5.92. The molecule has 1 aliphatic rings. The summed E-state index contributed by atoms with van der Waals surface area (Å²) in [5, 5.41) is 2.92. The molecule has 2 aromatic carbocycles. The second kappa shape index (κ2) is 9.56. The van der Waals surface area contributed by atoms with Crippen molar-refractivity contribution in [1.82, 2.24) is 9.80 Å². The lowest BCUT2D eigenvalue weighted by Gasteiger charge is -2.34. The zero-order valence-electron chi connectivity index (χ0n) is 17.4. The van der Waals surface area contributed by atoms with Gasteiger partial charge in [-0.05, 0) is 56.2 Å². The molecule has 0 aromatic heterocycles. The molecule has 154 valence electrons. The molecular weight excluding hydrogens is 366 g/mol. The largest absolute Gasteiger partial charge is 0.484 e. The summed E-state index contributed by atoms with van der Waals surface area (Å²) in [4.78, 5) is 28.6. The Morgan fingerprint density at radius 1 is 0.897 bits per heavy atom. The van der Waals surface area contributed by atoms with E-state index in [2.05, 4.69) is 16.3 Å². The van der Waals surface area contributed by atoms with Crippen LogP contribution in [-0.2, 0) is 9.59 Å². The maximum Gasteiger partial charge on any atom is 0.260 e. The molecule has 0 radical (unpaired) electrons. The fraction of sp³-hybridized carbons (Fsp3) is 0.391. The molecule has 0 aliphatic carbocycles. The van der Waals surface area contributed by atoms with Crippen molar-refractivity contribution in [2.75, 3.05) is 44.6 Å². The molecular formula is C23H29N3O3. The summed E-state index contributed by atoms with van der Waals surface area (Å²) < 4.78 is 5.68. The van der Waals surface area contributed by atoms with Crippen LogP contribution in [0.25, 0.3) is 0 Å². The van der Waals surface area contributed by atoms with Crippen LogP contribution in [0.3, 0.4) is 0 Å². The first-order valence-electron chi connectivity index (χ1n) is 9.97. The van der Waals surface area contributed by atoms with Gasteiger partial charge in [-0.15, -0.1) is 0 Å². The van der Waals surface area contributed by atoms with Crippen LogP contribution in [0.1, 0.15) is 16.7 Å². The Morgan fingerprint density at radius 2 is 1.52 bits per heavy atom. The van der Waals surface area contributed by atoms with Crippen LogP contribution >= 0.6 is 0 Å². The molecule has 3 rings (SSSR count). The molecule has 6 nitrogen and oxygen atoms in total.